The van der Waals surface area contributed by atoms with Gasteiger partial charge in [-0.1, -0.05) is 30.7 Å². The molecule has 2 aromatic carbocycles. The van der Waals surface area contributed by atoms with Gasteiger partial charge in [-0.25, -0.2) is 4.39 Å². The maximum Gasteiger partial charge on any atom is 0.316 e. The number of rotatable bonds is 6. The second-order valence-corrected chi connectivity index (χ2v) is 7.83. The second-order valence-electron chi connectivity index (χ2n) is 7.42. The number of nitrogens with zero attached hydrogens (tertiary/aromatic N) is 2. The molecule has 0 saturated carbocycles. The van der Waals surface area contributed by atoms with Gasteiger partial charge in [-0.2, -0.15) is 4.98 Å². The van der Waals surface area contributed by atoms with E-state index >= 15 is 0 Å². The van der Waals surface area contributed by atoms with Gasteiger partial charge in [0.25, 0.3) is 0 Å². The highest BCUT2D eigenvalue weighted by molar-refractivity contribution is 6.30. The van der Waals surface area contributed by atoms with Crippen molar-refractivity contribution in [3.05, 3.63) is 80.0 Å². The second kappa shape index (κ2) is 8.48. The summed E-state index contributed by atoms with van der Waals surface area (Å²) < 4.78 is 20.5. The molecule has 0 saturated heterocycles. The Morgan fingerprint density at radius 1 is 1.23 bits per heavy atom. The fourth-order valence-corrected chi connectivity index (χ4v) is 4.08. The van der Waals surface area contributed by atoms with Crippen molar-refractivity contribution in [2.45, 2.75) is 39.2 Å². The number of halogens is 2. The minimum Gasteiger partial charge on any atom is -0.490 e. The predicted molar refractivity (Wildman–Crippen MR) is 117 cm³/mol. The van der Waals surface area contributed by atoms with E-state index in [1.807, 2.05) is 0 Å². The number of aromatic nitrogens is 2. The van der Waals surface area contributed by atoms with E-state index in [0.717, 1.165) is 30.5 Å². The van der Waals surface area contributed by atoms with E-state index in [1.165, 1.54) is 36.3 Å². The van der Waals surface area contributed by atoms with Crippen LogP contribution in [-0.4, -0.2) is 16.7 Å². The topological polar surface area (TPSA) is 56.1 Å². The Bertz CT molecular complexity index is 1160. The first-order chi connectivity index (χ1) is 14.5. The maximum atomic E-state index is 13.5. The summed E-state index contributed by atoms with van der Waals surface area (Å²) >= 11 is 5.94. The van der Waals surface area contributed by atoms with Gasteiger partial charge in [-0.05, 0) is 66.1 Å². The van der Waals surface area contributed by atoms with E-state index < -0.39 is 11.4 Å². The van der Waals surface area contributed by atoms with Gasteiger partial charge in [0.05, 0.1) is 24.9 Å². The highest BCUT2D eigenvalue weighted by atomic mass is 35.5. The summed E-state index contributed by atoms with van der Waals surface area (Å²) in [5.74, 6) is 0.0624. The van der Waals surface area contributed by atoms with Gasteiger partial charge in [0.15, 0.2) is 0 Å². The number of hydrogen-bond acceptors (Lipinski definition) is 4. The largest absolute Gasteiger partial charge is 0.490 e. The Kier molecular flexibility index (Phi) is 5.77. The van der Waals surface area contributed by atoms with E-state index in [4.69, 9.17) is 16.3 Å². The van der Waals surface area contributed by atoms with Crippen LogP contribution in [0.25, 0.3) is 0 Å². The van der Waals surface area contributed by atoms with Gasteiger partial charge in [-0.15, -0.1) is 0 Å². The highest BCUT2D eigenvalue weighted by Crippen LogP contribution is 2.30. The maximum absolute atomic E-state index is 13.5. The molecule has 156 valence electrons. The molecule has 1 aliphatic rings. The van der Waals surface area contributed by atoms with Gasteiger partial charge in [0.2, 0.25) is 11.7 Å². The molecule has 3 aromatic rings. The molecule has 1 heterocycles. The average molecular weight is 428 g/mol. The third-order valence-electron chi connectivity index (χ3n) is 5.47. The predicted octanol–water partition coefficient (Wildman–Crippen LogP) is 4.89. The van der Waals surface area contributed by atoms with Crippen molar-refractivity contribution >= 4 is 23.2 Å². The first kappa shape index (κ1) is 20.4. The van der Waals surface area contributed by atoms with E-state index in [-0.39, 0.29) is 10.8 Å². The lowest BCUT2D eigenvalue weighted by molar-refractivity contribution is 0.402. The molecule has 0 spiro atoms. The zero-order valence-corrected chi connectivity index (χ0v) is 17.7. The normalized spacial score (nSPS) is 12.7. The third kappa shape index (κ3) is 4.05. The standard InChI is InChI=1S/C23H23ClFN3O2/c1-3-15-10-16-5-4-6-17(16)11-20(15)26-23-27-22(29)21(30-2)13-28(23)12-14-7-8-19(25)18(24)9-14/h7-11,13H,3-6,12H2,1-2H3,(H,26,27,29). The molecule has 0 bridgehead atoms. The number of hydrogen-bond donors (Lipinski definition) is 1. The Balaban J connectivity index is 1.75. The number of aryl methyl sites for hydroxylation is 3. The molecule has 1 aromatic heterocycles. The minimum atomic E-state index is -0.472. The van der Waals surface area contributed by atoms with Crippen molar-refractivity contribution < 1.29 is 9.13 Å². The zero-order valence-electron chi connectivity index (χ0n) is 17.0. The number of ether oxygens (including phenoxy) is 1. The van der Waals surface area contributed by atoms with Crippen LogP contribution in [0.1, 0.15) is 35.6 Å². The molecular formula is C23H23ClFN3O2. The van der Waals surface area contributed by atoms with Gasteiger partial charge in [0.1, 0.15) is 5.82 Å². The van der Waals surface area contributed by atoms with Crippen LogP contribution in [0.2, 0.25) is 5.02 Å². The fraction of sp³-hybridized carbons (Fsp3) is 0.304. The monoisotopic (exact) mass is 427 g/mol. The lowest BCUT2D eigenvalue weighted by Crippen LogP contribution is -2.19. The molecule has 1 aliphatic carbocycles. The fourth-order valence-electron chi connectivity index (χ4n) is 3.87. The van der Waals surface area contributed by atoms with Crippen LogP contribution in [0.15, 0.2) is 41.3 Å². The lowest BCUT2D eigenvalue weighted by Gasteiger charge is -2.18. The Morgan fingerprint density at radius 3 is 2.70 bits per heavy atom. The molecular weight excluding hydrogens is 405 g/mol. The molecule has 7 heteroatoms. The van der Waals surface area contributed by atoms with E-state index in [9.17, 15) is 9.18 Å². The minimum absolute atomic E-state index is 0.0508. The lowest BCUT2D eigenvalue weighted by atomic mass is 10.0. The zero-order chi connectivity index (χ0) is 21.3. The van der Waals surface area contributed by atoms with Gasteiger partial charge < -0.3 is 14.6 Å². The Labute approximate surface area is 179 Å². The molecule has 0 amide bonds. The number of benzene rings is 2. The summed E-state index contributed by atoms with van der Waals surface area (Å²) in [6.45, 7) is 2.45. The molecule has 30 heavy (non-hydrogen) atoms. The quantitative estimate of drug-likeness (QED) is 0.608. The molecule has 4 rings (SSSR count). The van der Waals surface area contributed by atoms with Gasteiger partial charge >= 0.3 is 5.56 Å². The van der Waals surface area contributed by atoms with E-state index in [0.29, 0.717) is 12.5 Å². The third-order valence-corrected chi connectivity index (χ3v) is 5.75. The van der Waals surface area contributed by atoms with Crippen LogP contribution >= 0.6 is 11.6 Å². The van der Waals surface area contributed by atoms with E-state index in [2.05, 4.69) is 29.4 Å². The van der Waals surface area contributed by atoms with Crippen LogP contribution in [-0.2, 0) is 25.8 Å². The van der Waals surface area contributed by atoms with Crippen molar-refractivity contribution in [1.82, 2.24) is 9.55 Å². The van der Waals surface area contributed by atoms with Crippen LogP contribution in [0, 0.1) is 5.82 Å². The Hall–Kier alpha value is -2.86. The SMILES string of the molecule is CCc1cc2c(cc1Nc1nc(=O)c(OC)cn1Cc1ccc(F)c(Cl)c1)CCC2. The van der Waals surface area contributed by atoms with Gasteiger partial charge in [-0.3, -0.25) is 4.79 Å². The van der Waals surface area contributed by atoms with Crippen LogP contribution in [0.5, 0.6) is 5.75 Å². The number of methoxy groups -OCH3 is 1. The van der Waals surface area contributed by atoms with Crippen molar-refractivity contribution in [2.75, 3.05) is 12.4 Å². The summed E-state index contributed by atoms with van der Waals surface area (Å²) in [4.78, 5) is 16.6. The van der Waals surface area contributed by atoms with Crippen LogP contribution in [0.4, 0.5) is 16.0 Å². The Morgan fingerprint density at radius 2 is 2.00 bits per heavy atom. The molecule has 0 radical (unpaired) electrons. The van der Waals surface area contributed by atoms with Gasteiger partial charge in [0, 0.05) is 5.69 Å². The van der Waals surface area contributed by atoms with Crippen molar-refractivity contribution in [2.24, 2.45) is 0 Å². The summed E-state index contributed by atoms with van der Waals surface area (Å²) in [5, 5.41) is 3.40. The molecule has 0 atom stereocenters. The number of anilines is 2. The summed E-state index contributed by atoms with van der Waals surface area (Å²) in [5.41, 5.74) is 5.19. The first-order valence-corrected chi connectivity index (χ1v) is 10.4. The van der Waals surface area contributed by atoms with Crippen molar-refractivity contribution in [1.29, 1.82) is 0 Å². The highest BCUT2D eigenvalue weighted by Gasteiger charge is 2.16. The number of fused-ring (bicyclic) bond motifs is 1. The average Bonchev–Trinajstić information content (AvgIpc) is 3.19. The van der Waals surface area contributed by atoms with E-state index in [1.54, 1.807) is 22.9 Å². The molecule has 0 unspecified atom stereocenters. The number of nitrogens with one attached hydrogen (secondary N) is 1. The van der Waals surface area contributed by atoms with Crippen molar-refractivity contribution in [3.8, 4) is 5.75 Å². The summed E-state index contributed by atoms with van der Waals surface area (Å²) in [7, 11) is 1.43. The van der Waals surface area contributed by atoms with Crippen LogP contribution in [0.3, 0.4) is 0 Å². The molecule has 5 nitrogen and oxygen atoms in total. The summed E-state index contributed by atoms with van der Waals surface area (Å²) in [6.07, 6.45) is 5.81. The molecule has 0 aliphatic heterocycles. The first-order valence-electron chi connectivity index (χ1n) is 9.99. The smallest absolute Gasteiger partial charge is 0.316 e. The summed E-state index contributed by atoms with van der Waals surface area (Å²) in [6, 6.07) is 8.96. The molecule has 1 N–H and O–H groups in total. The van der Waals surface area contributed by atoms with Crippen LogP contribution < -0.4 is 15.6 Å². The molecule has 0 fully saturated rings. The van der Waals surface area contributed by atoms with Crippen molar-refractivity contribution in [3.63, 3.8) is 0 Å².